The van der Waals surface area contributed by atoms with Crippen LogP contribution in [0.3, 0.4) is 0 Å². The Morgan fingerprint density at radius 3 is 3.00 bits per heavy atom. The van der Waals surface area contributed by atoms with E-state index in [0.29, 0.717) is 6.54 Å². The van der Waals surface area contributed by atoms with Crippen molar-refractivity contribution in [2.45, 2.75) is 31.8 Å². The highest BCUT2D eigenvalue weighted by molar-refractivity contribution is 5.95. The highest BCUT2D eigenvalue weighted by atomic mass is 16.2. The summed E-state index contributed by atoms with van der Waals surface area (Å²) in [5.41, 5.74) is 1.93. The predicted octanol–water partition coefficient (Wildman–Crippen LogP) is 2.01. The van der Waals surface area contributed by atoms with E-state index in [9.17, 15) is 4.79 Å². The number of nitrogens with zero attached hydrogens (tertiary/aromatic N) is 2. The maximum atomic E-state index is 12.3. The van der Waals surface area contributed by atoms with Gasteiger partial charge in [0.15, 0.2) is 0 Å². The standard InChI is InChI=1S/C16H20N4O/c21-16(15-8-3-4-9-17-15)19-14-7-2-1-6-13(14)12-20-11-5-10-18-20/h1-2,5-7,10-11,15,17H,3-4,8-9,12H2,(H,19,21)/t15-/m1/s1. The van der Waals surface area contributed by atoms with Crippen molar-refractivity contribution < 1.29 is 4.79 Å². The van der Waals surface area contributed by atoms with Crippen molar-refractivity contribution in [1.82, 2.24) is 15.1 Å². The van der Waals surface area contributed by atoms with Gasteiger partial charge < -0.3 is 10.6 Å². The average Bonchev–Trinajstić information content (AvgIpc) is 3.03. The number of nitrogens with one attached hydrogen (secondary N) is 2. The minimum atomic E-state index is -0.0727. The number of hydrogen-bond donors (Lipinski definition) is 2. The van der Waals surface area contributed by atoms with E-state index in [4.69, 9.17) is 0 Å². The molecule has 1 fully saturated rings. The molecular formula is C16H20N4O. The second kappa shape index (κ2) is 6.54. The lowest BCUT2D eigenvalue weighted by Gasteiger charge is -2.23. The Morgan fingerprint density at radius 2 is 2.24 bits per heavy atom. The van der Waals surface area contributed by atoms with Gasteiger partial charge in [-0.25, -0.2) is 0 Å². The van der Waals surface area contributed by atoms with Crippen molar-refractivity contribution in [3.8, 4) is 0 Å². The van der Waals surface area contributed by atoms with Crippen LogP contribution in [-0.4, -0.2) is 28.3 Å². The van der Waals surface area contributed by atoms with E-state index >= 15 is 0 Å². The summed E-state index contributed by atoms with van der Waals surface area (Å²) in [6, 6.07) is 9.71. The minimum Gasteiger partial charge on any atom is -0.324 e. The summed E-state index contributed by atoms with van der Waals surface area (Å²) < 4.78 is 1.85. The molecule has 1 aliphatic rings. The second-order valence-electron chi connectivity index (χ2n) is 5.35. The first kappa shape index (κ1) is 13.8. The fourth-order valence-corrected chi connectivity index (χ4v) is 2.64. The lowest BCUT2D eigenvalue weighted by atomic mass is 10.0. The number of piperidine rings is 1. The number of para-hydroxylation sites is 1. The number of hydrogen-bond acceptors (Lipinski definition) is 3. The maximum absolute atomic E-state index is 12.3. The van der Waals surface area contributed by atoms with Gasteiger partial charge in [-0.15, -0.1) is 0 Å². The molecule has 1 aromatic heterocycles. The molecule has 2 heterocycles. The quantitative estimate of drug-likeness (QED) is 0.903. The van der Waals surface area contributed by atoms with Crippen LogP contribution in [0, 0.1) is 0 Å². The number of rotatable bonds is 4. The number of aromatic nitrogens is 2. The van der Waals surface area contributed by atoms with Gasteiger partial charge >= 0.3 is 0 Å². The molecular weight excluding hydrogens is 264 g/mol. The molecule has 1 aromatic carbocycles. The van der Waals surface area contributed by atoms with E-state index in [1.807, 2.05) is 41.2 Å². The Morgan fingerprint density at radius 1 is 1.33 bits per heavy atom. The molecule has 110 valence electrons. The van der Waals surface area contributed by atoms with Crippen molar-refractivity contribution >= 4 is 11.6 Å². The van der Waals surface area contributed by atoms with Crippen LogP contribution in [0.1, 0.15) is 24.8 Å². The third kappa shape index (κ3) is 3.49. The Labute approximate surface area is 124 Å². The fourth-order valence-electron chi connectivity index (χ4n) is 2.64. The average molecular weight is 284 g/mol. The lowest BCUT2D eigenvalue weighted by molar-refractivity contribution is -0.118. The van der Waals surface area contributed by atoms with Gasteiger partial charge in [-0.1, -0.05) is 24.6 Å². The van der Waals surface area contributed by atoms with E-state index in [1.54, 1.807) is 6.20 Å². The van der Waals surface area contributed by atoms with Crippen LogP contribution in [0.15, 0.2) is 42.7 Å². The molecule has 3 rings (SSSR count). The molecule has 0 radical (unpaired) electrons. The van der Waals surface area contributed by atoms with Crippen LogP contribution in [0.25, 0.3) is 0 Å². The Hall–Kier alpha value is -2.14. The van der Waals surface area contributed by atoms with Crippen molar-refractivity contribution in [3.63, 3.8) is 0 Å². The van der Waals surface area contributed by atoms with Gasteiger partial charge in [0, 0.05) is 18.1 Å². The lowest BCUT2D eigenvalue weighted by Crippen LogP contribution is -2.43. The number of benzene rings is 1. The van der Waals surface area contributed by atoms with Gasteiger partial charge in [-0.2, -0.15) is 5.10 Å². The largest absolute Gasteiger partial charge is 0.324 e. The zero-order valence-electron chi connectivity index (χ0n) is 12.0. The summed E-state index contributed by atoms with van der Waals surface area (Å²) in [6.45, 7) is 1.58. The van der Waals surface area contributed by atoms with Gasteiger partial charge in [-0.3, -0.25) is 9.48 Å². The third-order valence-electron chi connectivity index (χ3n) is 3.79. The molecule has 0 bridgehead atoms. The smallest absolute Gasteiger partial charge is 0.241 e. The van der Waals surface area contributed by atoms with Crippen molar-refractivity contribution in [2.24, 2.45) is 0 Å². The normalized spacial score (nSPS) is 18.4. The highest BCUT2D eigenvalue weighted by Crippen LogP contribution is 2.17. The molecule has 5 heteroatoms. The summed E-state index contributed by atoms with van der Waals surface area (Å²) in [5.74, 6) is 0.0580. The van der Waals surface area contributed by atoms with Gasteiger partial charge in [-0.05, 0) is 37.1 Å². The van der Waals surface area contributed by atoms with Crippen LogP contribution >= 0.6 is 0 Å². The van der Waals surface area contributed by atoms with Gasteiger partial charge in [0.2, 0.25) is 5.91 Å². The van der Waals surface area contributed by atoms with Crippen molar-refractivity contribution in [2.75, 3.05) is 11.9 Å². The molecule has 2 N–H and O–H groups in total. The maximum Gasteiger partial charge on any atom is 0.241 e. The molecule has 0 spiro atoms. The molecule has 1 atom stereocenters. The summed E-state index contributed by atoms with van der Waals surface area (Å²) in [4.78, 5) is 12.3. The molecule has 1 aliphatic heterocycles. The van der Waals surface area contributed by atoms with Gasteiger partial charge in [0.05, 0.1) is 12.6 Å². The van der Waals surface area contributed by atoms with E-state index in [-0.39, 0.29) is 11.9 Å². The first-order valence-corrected chi connectivity index (χ1v) is 7.42. The summed E-state index contributed by atoms with van der Waals surface area (Å²) in [6.07, 6.45) is 6.85. The van der Waals surface area contributed by atoms with Crippen LogP contribution in [-0.2, 0) is 11.3 Å². The third-order valence-corrected chi connectivity index (χ3v) is 3.79. The van der Waals surface area contributed by atoms with E-state index in [1.165, 1.54) is 0 Å². The van der Waals surface area contributed by atoms with Crippen molar-refractivity contribution in [1.29, 1.82) is 0 Å². The van der Waals surface area contributed by atoms with Crippen LogP contribution < -0.4 is 10.6 Å². The number of anilines is 1. The zero-order valence-corrected chi connectivity index (χ0v) is 12.0. The topological polar surface area (TPSA) is 59.0 Å². The van der Waals surface area contributed by atoms with Gasteiger partial charge in [0.1, 0.15) is 0 Å². The Kier molecular flexibility index (Phi) is 4.31. The predicted molar refractivity (Wildman–Crippen MR) is 82.0 cm³/mol. The first-order valence-electron chi connectivity index (χ1n) is 7.42. The molecule has 1 amide bonds. The SMILES string of the molecule is O=C(Nc1ccccc1Cn1cccn1)[C@H]1CCCCN1. The second-order valence-corrected chi connectivity index (χ2v) is 5.35. The monoisotopic (exact) mass is 284 g/mol. The Balaban J connectivity index is 1.71. The Bertz CT molecular complexity index is 588. The molecule has 1 saturated heterocycles. The molecule has 5 nitrogen and oxygen atoms in total. The molecule has 0 aliphatic carbocycles. The molecule has 2 aromatic rings. The first-order chi connectivity index (χ1) is 10.3. The molecule has 0 saturated carbocycles. The van der Waals surface area contributed by atoms with Crippen LogP contribution in [0.5, 0.6) is 0 Å². The van der Waals surface area contributed by atoms with Crippen LogP contribution in [0.2, 0.25) is 0 Å². The van der Waals surface area contributed by atoms with E-state index < -0.39 is 0 Å². The number of carbonyl (C=O) groups is 1. The number of amides is 1. The van der Waals surface area contributed by atoms with Crippen LogP contribution in [0.4, 0.5) is 5.69 Å². The molecule has 21 heavy (non-hydrogen) atoms. The van der Waals surface area contributed by atoms with E-state index in [0.717, 1.165) is 37.1 Å². The number of carbonyl (C=O) groups excluding carboxylic acids is 1. The minimum absolute atomic E-state index is 0.0580. The summed E-state index contributed by atoms with van der Waals surface area (Å²) in [5, 5.41) is 10.5. The van der Waals surface area contributed by atoms with Gasteiger partial charge in [0.25, 0.3) is 0 Å². The summed E-state index contributed by atoms with van der Waals surface area (Å²) in [7, 11) is 0. The van der Waals surface area contributed by atoms with E-state index in [2.05, 4.69) is 15.7 Å². The summed E-state index contributed by atoms with van der Waals surface area (Å²) >= 11 is 0. The zero-order chi connectivity index (χ0) is 14.5. The highest BCUT2D eigenvalue weighted by Gasteiger charge is 2.21. The van der Waals surface area contributed by atoms with Crippen molar-refractivity contribution in [3.05, 3.63) is 48.3 Å². The fraction of sp³-hybridized carbons (Fsp3) is 0.375. The molecule has 0 unspecified atom stereocenters.